The molecule has 8 nitrogen and oxygen atoms in total. The van der Waals surface area contributed by atoms with Crippen LogP contribution >= 0.6 is 0 Å². The van der Waals surface area contributed by atoms with Crippen molar-refractivity contribution in [3.05, 3.63) is 88.5 Å². The lowest BCUT2D eigenvalue weighted by atomic mass is 10.2. The molecular formula is C22H17N3O5. The van der Waals surface area contributed by atoms with Gasteiger partial charge in [-0.1, -0.05) is 35.5 Å². The first-order valence-electron chi connectivity index (χ1n) is 9.08. The Balaban J connectivity index is 1.53. The van der Waals surface area contributed by atoms with Gasteiger partial charge in [-0.3, -0.25) is 10.1 Å². The van der Waals surface area contributed by atoms with E-state index in [-0.39, 0.29) is 12.3 Å². The van der Waals surface area contributed by atoms with Crippen LogP contribution in [-0.4, -0.2) is 22.2 Å². The third-order valence-corrected chi connectivity index (χ3v) is 4.38. The Kier molecular flexibility index (Phi) is 5.38. The van der Waals surface area contributed by atoms with Gasteiger partial charge in [0.15, 0.2) is 11.5 Å². The van der Waals surface area contributed by atoms with Gasteiger partial charge >= 0.3 is 0 Å². The number of nitrogens with zero attached hydrogens (tertiary/aromatic N) is 3. The molecule has 0 N–H and O–H groups in total. The first kappa shape index (κ1) is 19.1. The Bertz CT molecular complexity index is 1170. The van der Waals surface area contributed by atoms with Crippen molar-refractivity contribution in [3.63, 3.8) is 0 Å². The molecule has 0 atom stereocenters. The maximum Gasteiger partial charge on any atom is 0.269 e. The Morgan fingerprint density at radius 2 is 1.80 bits per heavy atom. The first-order valence-corrected chi connectivity index (χ1v) is 9.08. The van der Waals surface area contributed by atoms with E-state index in [0.717, 1.165) is 5.56 Å². The highest BCUT2D eigenvalue weighted by Gasteiger charge is 2.14. The monoisotopic (exact) mass is 403 g/mol. The van der Waals surface area contributed by atoms with Crippen LogP contribution in [0.25, 0.3) is 22.8 Å². The predicted molar refractivity (Wildman–Crippen MR) is 109 cm³/mol. The second-order valence-electron chi connectivity index (χ2n) is 6.37. The summed E-state index contributed by atoms with van der Waals surface area (Å²) in [5.74, 6) is 1.84. The van der Waals surface area contributed by atoms with Gasteiger partial charge in [-0.2, -0.15) is 4.98 Å². The normalized spacial score (nSPS) is 10.6. The van der Waals surface area contributed by atoms with E-state index < -0.39 is 4.92 Å². The Morgan fingerprint density at radius 1 is 0.967 bits per heavy atom. The van der Waals surface area contributed by atoms with Gasteiger partial charge in [-0.15, -0.1) is 0 Å². The summed E-state index contributed by atoms with van der Waals surface area (Å²) in [5, 5.41) is 15.0. The average molecular weight is 403 g/mol. The molecule has 1 heterocycles. The predicted octanol–water partition coefficient (Wildman–Crippen LogP) is 4.90. The zero-order chi connectivity index (χ0) is 20.9. The summed E-state index contributed by atoms with van der Waals surface area (Å²) < 4.78 is 16.6. The molecule has 150 valence electrons. The van der Waals surface area contributed by atoms with Gasteiger partial charge in [0.2, 0.25) is 5.82 Å². The number of nitro groups is 1. The van der Waals surface area contributed by atoms with Crippen LogP contribution in [0.2, 0.25) is 0 Å². The highest BCUT2D eigenvalue weighted by Crippen LogP contribution is 2.33. The molecule has 8 heteroatoms. The summed E-state index contributed by atoms with van der Waals surface area (Å²) in [6.07, 6.45) is 0. The van der Waals surface area contributed by atoms with E-state index in [1.807, 2.05) is 30.3 Å². The standard InChI is InChI=1S/C22H17N3O5/c1-28-20-13-17(21-23-22(30-24-21)16-7-3-2-4-8-16)10-11-19(20)29-14-15-6-5-9-18(12-15)25(26)27/h2-13H,14H2,1H3. The van der Waals surface area contributed by atoms with Gasteiger partial charge in [-0.05, 0) is 35.9 Å². The number of benzene rings is 3. The zero-order valence-corrected chi connectivity index (χ0v) is 16.0. The minimum atomic E-state index is -0.437. The molecule has 0 aliphatic carbocycles. The molecule has 0 saturated heterocycles. The van der Waals surface area contributed by atoms with Crippen molar-refractivity contribution in [2.24, 2.45) is 0 Å². The topological polar surface area (TPSA) is 101 Å². The minimum absolute atomic E-state index is 0.0183. The summed E-state index contributed by atoms with van der Waals surface area (Å²) in [5.41, 5.74) is 2.24. The SMILES string of the molecule is COc1cc(-c2noc(-c3ccccc3)n2)ccc1OCc1cccc([N+](=O)[O-])c1. The van der Waals surface area contributed by atoms with Crippen LogP contribution in [0, 0.1) is 10.1 Å². The molecule has 0 bridgehead atoms. The molecule has 0 unspecified atom stereocenters. The number of ether oxygens (including phenoxy) is 2. The molecule has 0 amide bonds. The van der Waals surface area contributed by atoms with Crippen molar-refractivity contribution in [1.29, 1.82) is 0 Å². The van der Waals surface area contributed by atoms with E-state index in [1.54, 1.807) is 30.3 Å². The second-order valence-corrected chi connectivity index (χ2v) is 6.37. The summed E-state index contributed by atoms with van der Waals surface area (Å²) in [6.45, 7) is 0.164. The van der Waals surface area contributed by atoms with Crippen LogP contribution in [-0.2, 0) is 6.61 Å². The quantitative estimate of drug-likeness (QED) is 0.319. The van der Waals surface area contributed by atoms with Crippen molar-refractivity contribution >= 4 is 5.69 Å². The van der Waals surface area contributed by atoms with E-state index in [1.165, 1.54) is 19.2 Å². The number of aromatic nitrogens is 2. The number of nitro benzene ring substituents is 1. The van der Waals surface area contributed by atoms with E-state index in [0.29, 0.717) is 34.3 Å². The highest BCUT2D eigenvalue weighted by molar-refractivity contribution is 5.63. The van der Waals surface area contributed by atoms with E-state index >= 15 is 0 Å². The van der Waals surface area contributed by atoms with Gasteiger partial charge in [0.1, 0.15) is 6.61 Å². The Morgan fingerprint density at radius 3 is 2.57 bits per heavy atom. The number of methoxy groups -OCH3 is 1. The minimum Gasteiger partial charge on any atom is -0.493 e. The fraction of sp³-hybridized carbons (Fsp3) is 0.0909. The van der Waals surface area contributed by atoms with E-state index in [2.05, 4.69) is 10.1 Å². The molecule has 3 aromatic carbocycles. The molecule has 30 heavy (non-hydrogen) atoms. The van der Waals surface area contributed by atoms with Crippen LogP contribution in [0.5, 0.6) is 11.5 Å². The van der Waals surface area contributed by atoms with Gasteiger partial charge in [-0.25, -0.2) is 0 Å². The summed E-state index contributed by atoms with van der Waals surface area (Å²) in [7, 11) is 1.53. The maximum absolute atomic E-state index is 10.9. The first-order chi connectivity index (χ1) is 14.6. The molecular weight excluding hydrogens is 386 g/mol. The fourth-order valence-corrected chi connectivity index (χ4v) is 2.89. The lowest BCUT2D eigenvalue weighted by Crippen LogP contribution is -1.99. The molecule has 0 aliphatic heterocycles. The smallest absolute Gasteiger partial charge is 0.269 e. The molecule has 0 aliphatic rings. The van der Waals surface area contributed by atoms with Gasteiger partial charge in [0, 0.05) is 23.3 Å². The Hall–Kier alpha value is -4.20. The van der Waals surface area contributed by atoms with E-state index in [4.69, 9.17) is 14.0 Å². The van der Waals surface area contributed by atoms with Crippen LogP contribution < -0.4 is 9.47 Å². The lowest BCUT2D eigenvalue weighted by molar-refractivity contribution is -0.384. The fourth-order valence-electron chi connectivity index (χ4n) is 2.89. The maximum atomic E-state index is 10.9. The molecule has 0 radical (unpaired) electrons. The summed E-state index contributed by atoms with van der Waals surface area (Å²) in [4.78, 5) is 14.9. The molecule has 0 fully saturated rings. The van der Waals surface area contributed by atoms with E-state index in [9.17, 15) is 10.1 Å². The average Bonchev–Trinajstić information content (AvgIpc) is 3.29. The third kappa shape index (κ3) is 4.12. The van der Waals surface area contributed by atoms with Gasteiger partial charge in [0.05, 0.1) is 12.0 Å². The van der Waals surface area contributed by atoms with Crippen molar-refractivity contribution in [2.75, 3.05) is 7.11 Å². The molecule has 0 saturated carbocycles. The molecule has 4 rings (SSSR count). The Labute approximate surface area is 171 Å². The number of rotatable bonds is 7. The largest absolute Gasteiger partial charge is 0.493 e. The highest BCUT2D eigenvalue weighted by atomic mass is 16.6. The summed E-state index contributed by atoms with van der Waals surface area (Å²) >= 11 is 0. The van der Waals surface area contributed by atoms with Gasteiger partial charge in [0.25, 0.3) is 11.6 Å². The van der Waals surface area contributed by atoms with Crippen molar-refractivity contribution in [3.8, 4) is 34.3 Å². The summed E-state index contributed by atoms with van der Waals surface area (Å²) in [6, 6.07) is 21.1. The van der Waals surface area contributed by atoms with Crippen LogP contribution in [0.1, 0.15) is 5.56 Å². The lowest BCUT2D eigenvalue weighted by Gasteiger charge is -2.11. The van der Waals surface area contributed by atoms with Crippen molar-refractivity contribution in [2.45, 2.75) is 6.61 Å². The van der Waals surface area contributed by atoms with Crippen LogP contribution in [0.4, 0.5) is 5.69 Å². The van der Waals surface area contributed by atoms with Gasteiger partial charge < -0.3 is 14.0 Å². The van der Waals surface area contributed by atoms with Crippen LogP contribution in [0.15, 0.2) is 77.3 Å². The molecule has 0 spiro atoms. The number of hydrogen-bond donors (Lipinski definition) is 0. The zero-order valence-electron chi connectivity index (χ0n) is 16.0. The third-order valence-electron chi connectivity index (χ3n) is 4.38. The van der Waals surface area contributed by atoms with Crippen molar-refractivity contribution in [1.82, 2.24) is 10.1 Å². The number of non-ortho nitro benzene ring substituents is 1. The second kappa shape index (κ2) is 8.44. The molecule has 4 aromatic rings. The van der Waals surface area contributed by atoms with Crippen molar-refractivity contribution < 1.29 is 18.9 Å². The molecule has 1 aromatic heterocycles. The number of hydrogen-bond acceptors (Lipinski definition) is 7. The van der Waals surface area contributed by atoms with Crippen LogP contribution in [0.3, 0.4) is 0 Å².